The Kier molecular flexibility index (Phi) is 3.97. The summed E-state index contributed by atoms with van der Waals surface area (Å²) in [4.78, 5) is 16.1. The van der Waals surface area contributed by atoms with E-state index in [4.69, 9.17) is 5.73 Å². The minimum Gasteiger partial charge on any atom is -0.335 e. The van der Waals surface area contributed by atoms with E-state index in [0.717, 1.165) is 11.3 Å². The van der Waals surface area contributed by atoms with Crippen molar-refractivity contribution >= 4 is 11.6 Å². The van der Waals surface area contributed by atoms with Crippen LogP contribution in [0.3, 0.4) is 0 Å². The number of nitrogens with two attached hydrogens (primary N) is 1. The summed E-state index contributed by atoms with van der Waals surface area (Å²) < 4.78 is 1.80. The molecule has 0 saturated heterocycles. The van der Waals surface area contributed by atoms with Crippen LogP contribution < -0.4 is 11.1 Å². The zero-order valence-electron chi connectivity index (χ0n) is 11.2. The number of aryl methyl sites for hydroxylation is 2. The van der Waals surface area contributed by atoms with E-state index >= 15 is 0 Å². The Hall–Kier alpha value is -2.14. The van der Waals surface area contributed by atoms with Gasteiger partial charge in [-0.15, -0.1) is 0 Å². The second kappa shape index (κ2) is 5.67. The quantitative estimate of drug-likeness (QED) is 0.876. The molecule has 3 N–H and O–H groups in total. The van der Waals surface area contributed by atoms with Crippen LogP contribution in [0.15, 0.2) is 30.7 Å². The van der Waals surface area contributed by atoms with Crippen molar-refractivity contribution in [3.63, 3.8) is 0 Å². The number of anilines is 1. The van der Waals surface area contributed by atoms with Gasteiger partial charge in [-0.3, -0.25) is 4.79 Å². The highest BCUT2D eigenvalue weighted by Crippen LogP contribution is 2.14. The highest BCUT2D eigenvalue weighted by molar-refractivity contribution is 6.02. The van der Waals surface area contributed by atoms with Gasteiger partial charge in [0.1, 0.15) is 5.69 Å². The third kappa shape index (κ3) is 3.20. The molecular formula is C14H18N4O. The van der Waals surface area contributed by atoms with Crippen molar-refractivity contribution in [2.45, 2.75) is 20.4 Å². The molecule has 19 heavy (non-hydrogen) atoms. The Morgan fingerprint density at radius 3 is 2.84 bits per heavy atom. The summed E-state index contributed by atoms with van der Waals surface area (Å²) >= 11 is 0. The first-order valence-corrected chi connectivity index (χ1v) is 6.20. The Bertz CT molecular complexity index is 589. The molecule has 0 aliphatic rings. The van der Waals surface area contributed by atoms with E-state index in [1.54, 1.807) is 17.1 Å². The third-order valence-corrected chi connectivity index (χ3v) is 3.02. The lowest BCUT2D eigenvalue weighted by atomic mass is 10.1. The molecule has 100 valence electrons. The minimum atomic E-state index is -0.209. The van der Waals surface area contributed by atoms with Gasteiger partial charge in [0.05, 0.1) is 6.33 Å². The van der Waals surface area contributed by atoms with Gasteiger partial charge in [0.25, 0.3) is 5.91 Å². The topological polar surface area (TPSA) is 72.9 Å². The number of benzene rings is 1. The predicted molar refractivity (Wildman–Crippen MR) is 75.2 cm³/mol. The monoisotopic (exact) mass is 258 g/mol. The van der Waals surface area contributed by atoms with E-state index in [0.29, 0.717) is 18.8 Å². The van der Waals surface area contributed by atoms with Crippen LogP contribution in [-0.4, -0.2) is 22.0 Å². The smallest absolute Gasteiger partial charge is 0.275 e. The van der Waals surface area contributed by atoms with E-state index in [9.17, 15) is 4.79 Å². The van der Waals surface area contributed by atoms with Gasteiger partial charge in [-0.05, 0) is 37.1 Å². The first-order valence-electron chi connectivity index (χ1n) is 6.20. The maximum Gasteiger partial charge on any atom is 0.275 e. The van der Waals surface area contributed by atoms with Crippen LogP contribution in [0.2, 0.25) is 0 Å². The Morgan fingerprint density at radius 1 is 1.37 bits per heavy atom. The molecule has 0 aliphatic carbocycles. The van der Waals surface area contributed by atoms with Gasteiger partial charge in [-0.25, -0.2) is 4.98 Å². The summed E-state index contributed by atoms with van der Waals surface area (Å²) in [6, 6.07) is 5.82. The number of hydrogen-bond donors (Lipinski definition) is 2. The fourth-order valence-corrected chi connectivity index (χ4v) is 1.76. The van der Waals surface area contributed by atoms with Gasteiger partial charge in [-0.1, -0.05) is 6.07 Å². The van der Waals surface area contributed by atoms with Gasteiger partial charge in [0.2, 0.25) is 0 Å². The van der Waals surface area contributed by atoms with E-state index in [1.165, 1.54) is 5.56 Å². The predicted octanol–water partition coefficient (Wildman–Crippen LogP) is 1.71. The molecule has 0 saturated carbocycles. The van der Waals surface area contributed by atoms with Gasteiger partial charge in [0, 0.05) is 25.0 Å². The van der Waals surface area contributed by atoms with Crippen LogP contribution in [0.5, 0.6) is 0 Å². The summed E-state index contributed by atoms with van der Waals surface area (Å²) in [5.74, 6) is -0.209. The molecule has 0 aliphatic heterocycles. The lowest BCUT2D eigenvalue weighted by Gasteiger charge is -2.06. The van der Waals surface area contributed by atoms with Crippen molar-refractivity contribution in [1.29, 1.82) is 0 Å². The molecule has 0 unspecified atom stereocenters. The van der Waals surface area contributed by atoms with E-state index < -0.39 is 0 Å². The highest BCUT2D eigenvalue weighted by Gasteiger charge is 2.09. The number of hydrogen-bond acceptors (Lipinski definition) is 3. The first-order chi connectivity index (χ1) is 9.10. The zero-order valence-corrected chi connectivity index (χ0v) is 11.2. The Morgan fingerprint density at radius 2 is 2.16 bits per heavy atom. The van der Waals surface area contributed by atoms with Crippen molar-refractivity contribution in [2.75, 3.05) is 11.9 Å². The third-order valence-electron chi connectivity index (χ3n) is 3.02. The molecule has 0 atom stereocenters. The normalized spacial score (nSPS) is 10.5. The van der Waals surface area contributed by atoms with Gasteiger partial charge in [-0.2, -0.15) is 0 Å². The molecule has 5 heteroatoms. The van der Waals surface area contributed by atoms with Gasteiger partial charge >= 0.3 is 0 Å². The van der Waals surface area contributed by atoms with Crippen LogP contribution >= 0.6 is 0 Å². The van der Waals surface area contributed by atoms with Crippen LogP contribution in [-0.2, 0) is 6.54 Å². The summed E-state index contributed by atoms with van der Waals surface area (Å²) in [6.07, 6.45) is 3.31. The van der Waals surface area contributed by atoms with Crippen molar-refractivity contribution in [1.82, 2.24) is 9.55 Å². The van der Waals surface area contributed by atoms with E-state index in [-0.39, 0.29) is 5.91 Å². The van der Waals surface area contributed by atoms with Gasteiger partial charge < -0.3 is 15.6 Å². The number of carbonyl (C=O) groups is 1. The average Bonchev–Trinajstić information content (AvgIpc) is 2.83. The summed E-state index contributed by atoms with van der Waals surface area (Å²) in [6.45, 7) is 5.23. The van der Waals surface area contributed by atoms with Gasteiger partial charge in [0.15, 0.2) is 0 Å². The molecule has 0 bridgehead atoms. The molecule has 0 spiro atoms. The SMILES string of the molecule is Cc1ccc(NC(=O)c2cn(CCN)cn2)cc1C. The number of imidazole rings is 1. The number of rotatable bonds is 4. The minimum absolute atomic E-state index is 0.209. The molecule has 1 aromatic carbocycles. The molecule has 2 rings (SSSR count). The number of nitrogens with one attached hydrogen (secondary N) is 1. The maximum absolute atomic E-state index is 12.0. The molecule has 0 fully saturated rings. The summed E-state index contributed by atoms with van der Waals surface area (Å²) in [5.41, 5.74) is 8.97. The summed E-state index contributed by atoms with van der Waals surface area (Å²) in [7, 11) is 0. The number of amides is 1. The van der Waals surface area contributed by atoms with Crippen LogP contribution in [0.25, 0.3) is 0 Å². The number of carbonyl (C=O) groups excluding carboxylic acids is 1. The molecule has 0 radical (unpaired) electrons. The molecule has 2 aromatic rings. The average molecular weight is 258 g/mol. The fraction of sp³-hybridized carbons (Fsp3) is 0.286. The largest absolute Gasteiger partial charge is 0.335 e. The molecular weight excluding hydrogens is 240 g/mol. The Labute approximate surface area is 112 Å². The van der Waals surface area contributed by atoms with Crippen molar-refractivity contribution < 1.29 is 4.79 Å². The van der Waals surface area contributed by atoms with Crippen LogP contribution in [0.1, 0.15) is 21.6 Å². The van der Waals surface area contributed by atoms with E-state index in [2.05, 4.69) is 10.3 Å². The highest BCUT2D eigenvalue weighted by atomic mass is 16.1. The maximum atomic E-state index is 12.0. The Balaban J connectivity index is 2.09. The molecule has 1 amide bonds. The lowest BCUT2D eigenvalue weighted by Crippen LogP contribution is -2.13. The molecule has 1 heterocycles. The molecule has 1 aromatic heterocycles. The van der Waals surface area contributed by atoms with Crippen LogP contribution in [0.4, 0.5) is 5.69 Å². The van der Waals surface area contributed by atoms with E-state index in [1.807, 2.05) is 32.0 Å². The molecule has 5 nitrogen and oxygen atoms in total. The second-order valence-corrected chi connectivity index (χ2v) is 4.54. The van der Waals surface area contributed by atoms with Crippen molar-refractivity contribution in [3.05, 3.63) is 47.5 Å². The second-order valence-electron chi connectivity index (χ2n) is 4.54. The fourth-order valence-electron chi connectivity index (χ4n) is 1.76. The number of aromatic nitrogens is 2. The van der Waals surface area contributed by atoms with Crippen LogP contribution in [0, 0.1) is 13.8 Å². The lowest BCUT2D eigenvalue weighted by molar-refractivity contribution is 0.102. The zero-order chi connectivity index (χ0) is 13.8. The summed E-state index contributed by atoms with van der Waals surface area (Å²) in [5, 5.41) is 2.84. The number of nitrogens with zero attached hydrogens (tertiary/aromatic N) is 2. The first kappa shape index (κ1) is 13.3. The van der Waals surface area contributed by atoms with Crippen molar-refractivity contribution in [3.8, 4) is 0 Å². The van der Waals surface area contributed by atoms with Crippen molar-refractivity contribution in [2.24, 2.45) is 5.73 Å². The standard InChI is InChI=1S/C14H18N4O/c1-10-3-4-12(7-11(10)2)17-14(19)13-8-18(6-5-15)9-16-13/h3-4,7-9H,5-6,15H2,1-2H3,(H,17,19).